The summed E-state index contributed by atoms with van der Waals surface area (Å²) in [6.45, 7) is 0.753. The van der Waals surface area contributed by atoms with E-state index < -0.39 is 0 Å². The predicted molar refractivity (Wildman–Crippen MR) is 101 cm³/mol. The summed E-state index contributed by atoms with van der Waals surface area (Å²) in [5, 5.41) is 4.01. The molecule has 2 rings (SSSR count). The van der Waals surface area contributed by atoms with Crippen molar-refractivity contribution in [3.05, 3.63) is 52.0 Å². The van der Waals surface area contributed by atoms with E-state index in [0.29, 0.717) is 33.8 Å². The largest absolute Gasteiger partial charge is 0.493 e. The molecule has 2 aromatic rings. The normalized spacial score (nSPS) is 10.6. The van der Waals surface area contributed by atoms with Crippen LogP contribution in [-0.4, -0.2) is 38.6 Å². The van der Waals surface area contributed by atoms with Crippen molar-refractivity contribution >= 4 is 34.8 Å². The quantitative estimate of drug-likeness (QED) is 0.783. The van der Waals surface area contributed by atoms with Crippen LogP contribution in [0.2, 0.25) is 10.0 Å². The topological polar surface area (TPSA) is 50.8 Å². The number of ether oxygens (including phenoxy) is 2. The molecule has 0 saturated carbocycles. The fourth-order valence-electron chi connectivity index (χ4n) is 2.36. The third kappa shape index (κ3) is 5.53. The van der Waals surface area contributed by atoms with Gasteiger partial charge in [-0.05, 0) is 36.9 Å². The fourth-order valence-corrected chi connectivity index (χ4v) is 2.82. The van der Waals surface area contributed by atoms with Gasteiger partial charge in [0.05, 0.1) is 20.8 Å². The Morgan fingerprint density at radius 1 is 1.08 bits per heavy atom. The molecule has 0 bridgehead atoms. The molecule has 0 radical (unpaired) electrons. The molecular formula is C18H20Cl2N2O3. The number of benzene rings is 2. The van der Waals surface area contributed by atoms with Gasteiger partial charge in [0, 0.05) is 28.3 Å². The van der Waals surface area contributed by atoms with E-state index in [9.17, 15) is 4.79 Å². The SMILES string of the molecule is COc1ccc(NC(=O)CN(C)Cc2ccc(Cl)cc2Cl)cc1OC. The number of hydrogen-bond acceptors (Lipinski definition) is 4. The molecule has 0 aliphatic rings. The van der Waals surface area contributed by atoms with Gasteiger partial charge in [-0.2, -0.15) is 0 Å². The lowest BCUT2D eigenvalue weighted by Gasteiger charge is -2.17. The van der Waals surface area contributed by atoms with Crippen LogP contribution in [0.1, 0.15) is 5.56 Å². The number of anilines is 1. The molecule has 25 heavy (non-hydrogen) atoms. The van der Waals surface area contributed by atoms with Crippen molar-refractivity contribution in [2.45, 2.75) is 6.54 Å². The Kier molecular flexibility index (Phi) is 6.93. The lowest BCUT2D eigenvalue weighted by molar-refractivity contribution is -0.117. The maximum atomic E-state index is 12.2. The van der Waals surface area contributed by atoms with E-state index in [1.54, 1.807) is 44.6 Å². The van der Waals surface area contributed by atoms with Crippen molar-refractivity contribution in [2.75, 3.05) is 33.1 Å². The number of carbonyl (C=O) groups excluding carboxylic acids is 1. The molecule has 134 valence electrons. The average molecular weight is 383 g/mol. The molecule has 1 amide bonds. The maximum absolute atomic E-state index is 12.2. The van der Waals surface area contributed by atoms with Crippen LogP contribution in [0.3, 0.4) is 0 Å². The zero-order valence-electron chi connectivity index (χ0n) is 14.3. The lowest BCUT2D eigenvalue weighted by Crippen LogP contribution is -2.29. The highest BCUT2D eigenvalue weighted by Gasteiger charge is 2.11. The highest BCUT2D eigenvalue weighted by atomic mass is 35.5. The first-order valence-electron chi connectivity index (χ1n) is 7.57. The summed E-state index contributed by atoms with van der Waals surface area (Å²) in [7, 11) is 4.96. The zero-order chi connectivity index (χ0) is 18.4. The molecule has 0 aromatic heterocycles. The summed E-state index contributed by atoms with van der Waals surface area (Å²) in [4.78, 5) is 14.1. The van der Waals surface area contributed by atoms with E-state index in [-0.39, 0.29) is 12.5 Å². The highest BCUT2D eigenvalue weighted by molar-refractivity contribution is 6.35. The summed E-state index contributed by atoms with van der Waals surface area (Å²) in [6.07, 6.45) is 0. The summed E-state index contributed by atoms with van der Waals surface area (Å²) >= 11 is 12.1. The van der Waals surface area contributed by atoms with E-state index in [2.05, 4.69) is 5.32 Å². The van der Waals surface area contributed by atoms with Crippen LogP contribution in [0.4, 0.5) is 5.69 Å². The minimum atomic E-state index is -0.139. The van der Waals surface area contributed by atoms with Crippen molar-refractivity contribution in [2.24, 2.45) is 0 Å². The van der Waals surface area contributed by atoms with E-state index in [1.165, 1.54) is 0 Å². The van der Waals surface area contributed by atoms with Crippen LogP contribution < -0.4 is 14.8 Å². The first-order valence-corrected chi connectivity index (χ1v) is 8.33. The van der Waals surface area contributed by atoms with Gasteiger partial charge in [0.25, 0.3) is 0 Å². The Balaban J connectivity index is 1.95. The van der Waals surface area contributed by atoms with Crippen LogP contribution >= 0.6 is 23.2 Å². The molecular weight excluding hydrogens is 363 g/mol. The monoisotopic (exact) mass is 382 g/mol. The van der Waals surface area contributed by atoms with Gasteiger partial charge in [-0.15, -0.1) is 0 Å². The van der Waals surface area contributed by atoms with E-state index in [1.807, 2.05) is 18.0 Å². The number of nitrogens with zero attached hydrogens (tertiary/aromatic N) is 1. The second-order valence-electron chi connectivity index (χ2n) is 5.53. The van der Waals surface area contributed by atoms with Crippen molar-refractivity contribution in [1.29, 1.82) is 0 Å². The molecule has 0 fully saturated rings. The van der Waals surface area contributed by atoms with E-state index >= 15 is 0 Å². The first kappa shape index (κ1) is 19.4. The molecule has 0 aliphatic heterocycles. The number of halogens is 2. The lowest BCUT2D eigenvalue weighted by atomic mass is 10.2. The van der Waals surface area contributed by atoms with Gasteiger partial charge in [-0.1, -0.05) is 29.3 Å². The van der Waals surface area contributed by atoms with Gasteiger partial charge in [-0.3, -0.25) is 9.69 Å². The third-order valence-corrected chi connectivity index (χ3v) is 4.12. The van der Waals surface area contributed by atoms with Crippen molar-refractivity contribution in [1.82, 2.24) is 4.90 Å². The van der Waals surface area contributed by atoms with Crippen molar-refractivity contribution in [3.63, 3.8) is 0 Å². The summed E-state index contributed by atoms with van der Waals surface area (Å²) in [6, 6.07) is 10.5. The zero-order valence-corrected chi connectivity index (χ0v) is 15.8. The van der Waals surface area contributed by atoms with Gasteiger partial charge in [0.1, 0.15) is 0 Å². The summed E-state index contributed by atoms with van der Waals surface area (Å²) < 4.78 is 10.4. The summed E-state index contributed by atoms with van der Waals surface area (Å²) in [5.41, 5.74) is 1.55. The van der Waals surface area contributed by atoms with Gasteiger partial charge in [0.2, 0.25) is 5.91 Å². The molecule has 0 aliphatic carbocycles. The van der Waals surface area contributed by atoms with Crippen LogP contribution in [0, 0.1) is 0 Å². The Morgan fingerprint density at radius 2 is 1.80 bits per heavy atom. The van der Waals surface area contributed by atoms with Gasteiger partial charge >= 0.3 is 0 Å². The second kappa shape index (κ2) is 8.94. The number of nitrogens with one attached hydrogen (secondary N) is 1. The van der Waals surface area contributed by atoms with Crippen LogP contribution in [0.15, 0.2) is 36.4 Å². The molecule has 1 N–H and O–H groups in total. The predicted octanol–water partition coefficient (Wildman–Crippen LogP) is 4.08. The number of amides is 1. The highest BCUT2D eigenvalue weighted by Crippen LogP contribution is 2.29. The Labute approximate surface area is 157 Å². The number of hydrogen-bond donors (Lipinski definition) is 1. The Hall–Kier alpha value is -1.95. The third-order valence-electron chi connectivity index (χ3n) is 3.54. The molecule has 0 spiro atoms. The number of methoxy groups -OCH3 is 2. The maximum Gasteiger partial charge on any atom is 0.238 e. The standard InChI is InChI=1S/C18H20Cl2N2O3/c1-22(10-12-4-5-13(19)8-15(12)20)11-18(23)21-14-6-7-16(24-2)17(9-14)25-3/h4-9H,10-11H2,1-3H3,(H,21,23). The Morgan fingerprint density at radius 3 is 2.44 bits per heavy atom. The Bertz CT molecular complexity index is 753. The van der Waals surface area contributed by atoms with Gasteiger partial charge in [-0.25, -0.2) is 0 Å². The molecule has 0 unspecified atom stereocenters. The molecule has 5 nitrogen and oxygen atoms in total. The molecule has 0 atom stereocenters. The second-order valence-corrected chi connectivity index (χ2v) is 6.37. The van der Waals surface area contributed by atoms with Crippen molar-refractivity contribution in [3.8, 4) is 11.5 Å². The number of likely N-dealkylation sites (N-methyl/N-ethyl adjacent to an activating group) is 1. The summed E-state index contributed by atoms with van der Waals surface area (Å²) in [5.74, 6) is 1.02. The fraction of sp³-hybridized carbons (Fsp3) is 0.278. The van der Waals surface area contributed by atoms with Crippen LogP contribution in [-0.2, 0) is 11.3 Å². The molecule has 7 heteroatoms. The average Bonchev–Trinajstić information content (AvgIpc) is 2.57. The molecule has 0 saturated heterocycles. The van der Waals surface area contributed by atoms with Crippen molar-refractivity contribution < 1.29 is 14.3 Å². The number of carbonyl (C=O) groups is 1. The first-order chi connectivity index (χ1) is 11.9. The number of rotatable bonds is 7. The smallest absolute Gasteiger partial charge is 0.238 e. The van der Waals surface area contributed by atoms with Crippen LogP contribution in [0.5, 0.6) is 11.5 Å². The molecule has 2 aromatic carbocycles. The van der Waals surface area contributed by atoms with Gasteiger partial charge in [0.15, 0.2) is 11.5 Å². The van der Waals surface area contributed by atoms with E-state index in [4.69, 9.17) is 32.7 Å². The molecule has 0 heterocycles. The minimum absolute atomic E-state index is 0.139. The van der Waals surface area contributed by atoms with Crippen LogP contribution in [0.25, 0.3) is 0 Å². The minimum Gasteiger partial charge on any atom is -0.493 e. The van der Waals surface area contributed by atoms with Gasteiger partial charge < -0.3 is 14.8 Å². The van der Waals surface area contributed by atoms with E-state index in [0.717, 1.165) is 5.56 Å².